The third-order valence-corrected chi connectivity index (χ3v) is 3.21. The van der Waals surface area contributed by atoms with Crippen LogP contribution in [0.4, 0.5) is 0 Å². The highest BCUT2D eigenvalue weighted by Crippen LogP contribution is 2.29. The van der Waals surface area contributed by atoms with Crippen molar-refractivity contribution in [3.05, 3.63) is 11.6 Å². The zero-order valence-electron chi connectivity index (χ0n) is 10.9. The minimum absolute atomic E-state index is 0.0567. The first-order valence-electron chi connectivity index (χ1n) is 6.11. The molecule has 5 nitrogen and oxygen atoms in total. The minimum Gasteiger partial charge on any atom is -0.335 e. The van der Waals surface area contributed by atoms with Crippen LogP contribution in [0.5, 0.6) is 0 Å². The fourth-order valence-electron chi connectivity index (χ4n) is 2.06. The molecular formula is C12H20N4O. The van der Waals surface area contributed by atoms with E-state index in [1.54, 1.807) is 0 Å². The molecular weight excluding hydrogens is 216 g/mol. The molecule has 2 rings (SSSR count). The van der Waals surface area contributed by atoms with Gasteiger partial charge in [0, 0.05) is 19.0 Å². The molecule has 1 fully saturated rings. The van der Waals surface area contributed by atoms with Gasteiger partial charge < -0.3 is 4.90 Å². The smallest absolute Gasteiger partial charge is 0.293 e. The van der Waals surface area contributed by atoms with Gasteiger partial charge in [0.15, 0.2) is 0 Å². The molecule has 1 aromatic rings. The molecule has 5 heteroatoms. The Hall–Kier alpha value is -1.39. The van der Waals surface area contributed by atoms with Crippen molar-refractivity contribution in [2.24, 2.45) is 5.41 Å². The van der Waals surface area contributed by atoms with Crippen molar-refractivity contribution in [2.75, 3.05) is 13.1 Å². The zero-order chi connectivity index (χ0) is 12.6. The summed E-state index contributed by atoms with van der Waals surface area (Å²) >= 11 is 0. The first-order valence-corrected chi connectivity index (χ1v) is 6.11. The Morgan fingerprint density at radius 1 is 1.47 bits per heavy atom. The van der Waals surface area contributed by atoms with E-state index in [0.717, 1.165) is 25.3 Å². The molecule has 0 saturated carbocycles. The summed E-state index contributed by atoms with van der Waals surface area (Å²) in [4.78, 5) is 18.2. The maximum Gasteiger partial charge on any atom is 0.293 e. The van der Waals surface area contributed by atoms with Crippen LogP contribution in [0.25, 0.3) is 0 Å². The highest BCUT2D eigenvalue weighted by atomic mass is 16.2. The lowest BCUT2D eigenvalue weighted by Gasteiger charge is -2.18. The molecule has 0 atom stereocenters. The van der Waals surface area contributed by atoms with E-state index in [1.807, 2.05) is 18.7 Å². The van der Waals surface area contributed by atoms with Crippen LogP contribution in [-0.4, -0.2) is 39.1 Å². The van der Waals surface area contributed by atoms with Gasteiger partial charge in [0.2, 0.25) is 5.82 Å². The zero-order valence-corrected chi connectivity index (χ0v) is 10.9. The molecule has 1 aliphatic heterocycles. The van der Waals surface area contributed by atoms with E-state index in [2.05, 4.69) is 29.0 Å². The minimum atomic E-state index is -0.0567. The average molecular weight is 236 g/mol. The number of hydrogen-bond donors (Lipinski definition) is 1. The summed E-state index contributed by atoms with van der Waals surface area (Å²) in [6, 6.07) is 0. The fraction of sp³-hybridized carbons (Fsp3) is 0.750. The van der Waals surface area contributed by atoms with Crippen LogP contribution in [0.3, 0.4) is 0 Å². The average Bonchev–Trinajstić information content (AvgIpc) is 2.83. The Labute approximate surface area is 102 Å². The monoisotopic (exact) mass is 236 g/mol. The molecule has 0 spiro atoms. The standard InChI is InChI=1S/C12H20N4O/c1-8(2)9-13-10(15-14-9)11(17)16-6-5-12(3,4)7-16/h8H,5-7H2,1-4H3,(H,13,14,15). The van der Waals surface area contributed by atoms with E-state index in [0.29, 0.717) is 5.82 Å². The summed E-state index contributed by atoms with van der Waals surface area (Å²) < 4.78 is 0. The van der Waals surface area contributed by atoms with E-state index in [9.17, 15) is 4.79 Å². The van der Waals surface area contributed by atoms with Crippen molar-refractivity contribution in [3.63, 3.8) is 0 Å². The van der Waals surface area contributed by atoms with Crippen molar-refractivity contribution >= 4 is 5.91 Å². The SMILES string of the molecule is CC(C)c1nc(C(=O)N2CCC(C)(C)C2)n[nH]1. The van der Waals surface area contributed by atoms with Gasteiger partial charge in [-0.25, -0.2) is 4.98 Å². The molecule has 1 saturated heterocycles. The van der Waals surface area contributed by atoms with Crippen LogP contribution in [0.1, 0.15) is 56.5 Å². The quantitative estimate of drug-likeness (QED) is 0.851. The molecule has 1 aliphatic rings. The van der Waals surface area contributed by atoms with Crippen LogP contribution >= 0.6 is 0 Å². The Morgan fingerprint density at radius 3 is 2.65 bits per heavy atom. The third kappa shape index (κ3) is 2.48. The number of nitrogens with zero attached hydrogens (tertiary/aromatic N) is 3. The lowest BCUT2D eigenvalue weighted by Crippen LogP contribution is -2.31. The second-order valence-corrected chi connectivity index (χ2v) is 5.84. The van der Waals surface area contributed by atoms with Gasteiger partial charge in [0.1, 0.15) is 5.82 Å². The Morgan fingerprint density at radius 2 is 2.18 bits per heavy atom. The predicted molar refractivity (Wildman–Crippen MR) is 64.8 cm³/mol. The third-order valence-electron chi connectivity index (χ3n) is 3.21. The maximum absolute atomic E-state index is 12.2. The largest absolute Gasteiger partial charge is 0.335 e. The summed E-state index contributed by atoms with van der Waals surface area (Å²) in [5, 5.41) is 6.82. The summed E-state index contributed by atoms with van der Waals surface area (Å²) in [5.41, 5.74) is 0.215. The Kier molecular flexibility index (Phi) is 2.93. The van der Waals surface area contributed by atoms with E-state index in [1.165, 1.54) is 0 Å². The van der Waals surface area contributed by atoms with Crippen molar-refractivity contribution < 1.29 is 4.79 Å². The van der Waals surface area contributed by atoms with Gasteiger partial charge in [-0.3, -0.25) is 9.89 Å². The molecule has 0 bridgehead atoms. The van der Waals surface area contributed by atoms with Gasteiger partial charge in [-0.2, -0.15) is 0 Å². The predicted octanol–water partition coefficient (Wildman–Crippen LogP) is 1.80. The lowest BCUT2D eigenvalue weighted by molar-refractivity contribution is 0.0766. The highest BCUT2D eigenvalue weighted by Gasteiger charge is 2.33. The molecule has 1 aromatic heterocycles. The van der Waals surface area contributed by atoms with E-state index in [4.69, 9.17) is 0 Å². The van der Waals surface area contributed by atoms with Crippen molar-refractivity contribution in [1.82, 2.24) is 20.1 Å². The van der Waals surface area contributed by atoms with E-state index >= 15 is 0 Å². The van der Waals surface area contributed by atoms with Gasteiger partial charge in [0.25, 0.3) is 5.91 Å². The fourth-order valence-corrected chi connectivity index (χ4v) is 2.06. The number of H-pyrrole nitrogens is 1. The van der Waals surface area contributed by atoms with Crippen molar-refractivity contribution in [2.45, 2.75) is 40.0 Å². The molecule has 1 N–H and O–H groups in total. The lowest BCUT2D eigenvalue weighted by atomic mass is 9.93. The molecule has 0 radical (unpaired) electrons. The van der Waals surface area contributed by atoms with Gasteiger partial charge in [0.05, 0.1) is 0 Å². The number of amides is 1. The van der Waals surface area contributed by atoms with Crippen LogP contribution in [0.15, 0.2) is 0 Å². The number of nitrogens with one attached hydrogen (secondary N) is 1. The van der Waals surface area contributed by atoms with E-state index in [-0.39, 0.29) is 17.2 Å². The highest BCUT2D eigenvalue weighted by molar-refractivity contribution is 5.90. The van der Waals surface area contributed by atoms with Crippen LogP contribution < -0.4 is 0 Å². The first-order chi connectivity index (χ1) is 7.89. The van der Waals surface area contributed by atoms with Crippen LogP contribution in [0, 0.1) is 5.41 Å². The number of rotatable bonds is 2. The van der Waals surface area contributed by atoms with Gasteiger partial charge in [-0.1, -0.05) is 27.7 Å². The normalized spacial score (nSPS) is 19.0. The number of likely N-dealkylation sites (tertiary alicyclic amines) is 1. The van der Waals surface area contributed by atoms with Crippen LogP contribution in [-0.2, 0) is 0 Å². The van der Waals surface area contributed by atoms with Gasteiger partial charge in [-0.15, -0.1) is 5.10 Å². The van der Waals surface area contributed by atoms with E-state index < -0.39 is 0 Å². The number of carbonyl (C=O) groups is 1. The summed E-state index contributed by atoms with van der Waals surface area (Å²) in [6.07, 6.45) is 1.04. The van der Waals surface area contributed by atoms with Crippen molar-refractivity contribution in [3.8, 4) is 0 Å². The summed E-state index contributed by atoms with van der Waals surface area (Å²) in [5.74, 6) is 1.27. The number of hydrogen-bond acceptors (Lipinski definition) is 3. The summed E-state index contributed by atoms with van der Waals surface area (Å²) in [7, 11) is 0. The second-order valence-electron chi connectivity index (χ2n) is 5.84. The molecule has 0 aliphatic carbocycles. The van der Waals surface area contributed by atoms with Gasteiger partial charge >= 0.3 is 0 Å². The Balaban J connectivity index is 2.10. The molecule has 94 valence electrons. The number of aromatic amines is 1. The molecule has 2 heterocycles. The molecule has 17 heavy (non-hydrogen) atoms. The first kappa shape index (κ1) is 12.1. The van der Waals surface area contributed by atoms with Crippen molar-refractivity contribution in [1.29, 1.82) is 0 Å². The Bertz CT molecular complexity index is 422. The summed E-state index contributed by atoms with van der Waals surface area (Å²) in [6.45, 7) is 9.99. The maximum atomic E-state index is 12.2. The van der Waals surface area contributed by atoms with Crippen LogP contribution in [0.2, 0.25) is 0 Å². The second kappa shape index (κ2) is 4.13. The molecule has 0 aromatic carbocycles. The topological polar surface area (TPSA) is 61.9 Å². The number of aromatic nitrogens is 3. The molecule has 1 amide bonds. The molecule has 0 unspecified atom stereocenters. The van der Waals surface area contributed by atoms with Gasteiger partial charge in [-0.05, 0) is 11.8 Å². The number of carbonyl (C=O) groups excluding carboxylic acids is 1.